The summed E-state index contributed by atoms with van der Waals surface area (Å²) in [5.41, 5.74) is 0.453. The number of rotatable bonds is 5. The summed E-state index contributed by atoms with van der Waals surface area (Å²) >= 11 is 0. The molecule has 4 rings (SSSR count). The maximum atomic E-state index is 12.6. The molecule has 132 valence electrons. The van der Waals surface area contributed by atoms with Crippen LogP contribution in [0.15, 0.2) is 24.3 Å². The van der Waals surface area contributed by atoms with E-state index in [0.717, 1.165) is 12.8 Å². The van der Waals surface area contributed by atoms with E-state index in [9.17, 15) is 14.4 Å². The van der Waals surface area contributed by atoms with Crippen LogP contribution in [0.4, 0.5) is 0 Å². The van der Waals surface area contributed by atoms with Gasteiger partial charge in [-0.15, -0.1) is 0 Å². The van der Waals surface area contributed by atoms with Crippen molar-refractivity contribution in [2.24, 2.45) is 23.7 Å². The summed E-state index contributed by atoms with van der Waals surface area (Å²) in [4.78, 5) is 37.1. The summed E-state index contributed by atoms with van der Waals surface area (Å²) in [6.07, 6.45) is 0.646. The van der Waals surface area contributed by atoms with Crippen molar-refractivity contribution in [1.29, 1.82) is 0 Å². The molecule has 6 nitrogen and oxygen atoms in total. The summed E-state index contributed by atoms with van der Waals surface area (Å²) in [6, 6.07) is 6.66. The zero-order valence-corrected chi connectivity index (χ0v) is 14.1. The molecular formula is C19H20O6. The number of hydrogen-bond donors (Lipinski definition) is 0. The standard InChI is InChI=1S/C19H20O6/c1-9(17(20)10-3-5-12(23-2)6-4-10)24-18(21)15-11-7-13-14(8-11)25-19(22)16(13)15/h3-6,9,11,13-16H,7-8H2,1-2H3/t9-,11+,13-,14-,15+,16-/m0/s1. The lowest BCUT2D eigenvalue weighted by molar-refractivity contribution is -0.157. The van der Waals surface area contributed by atoms with Crippen molar-refractivity contribution < 1.29 is 28.6 Å². The Morgan fingerprint density at radius 3 is 2.60 bits per heavy atom. The topological polar surface area (TPSA) is 78.9 Å². The molecule has 2 bridgehead atoms. The van der Waals surface area contributed by atoms with E-state index in [1.165, 1.54) is 0 Å². The third-order valence-corrected chi connectivity index (χ3v) is 5.79. The van der Waals surface area contributed by atoms with Crippen LogP contribution in [0.25, 0.3) is 0 Å². The molecule has 6 heteroatoms. The van der Waals surface area contributed by atoms with E-state index in [0.29, 0.717) is 11.3 Å². The average molecular weight is 344 g/mol. The van der Waals surface area contributed by atoms with Crippen LogP contribution >= 0.6 is 0 Å². The van der Waals surface area contributed by atoms with E-state index in [1.54, 1.807) is 38.3 Å². The summed E-state index contributed by atoms with van der Waals surface area (Å²) in [5, 5.41) is 0. The minimum Gasteiger partial charge on any atom is -0.497 e. The van der Waals surface area contributed by atoms with Crippen LogP contribution in [0.3, 0.4) is 0 Å². The molecule has 1 aromatic rings. The first-order valence-corrected chi connectivity index (χ1v) is 8.59. The van der Waals surface area contributed by atoms with Crippen molar-refractivity contribution in [2.75, 3.05) is 7.11 Å². The van der Waals surface area contributed by atoms with Crippen LogP contribution in [0.1, 0.15) is 30.1 Å². The molecule has 2 saturated carbocycles. The summed E-state index contributed by atoms with van der Waals surface area (Å²) in [5.74, 6) is -0.953. The molecule has 1 saturated heterocycles. The Balaban J connectivity index is 1.43. The Kier molecular flexibility index (Phi) is 3.78. The SMILES string of the molecule is COc1ccc(C(=O)[C@H](C)OC(=O)[C@@H]2[C@@H]3C[C@@H]4[C@@H]2C(=O)O[C@H]4C3)cc1. The van der Waals surface area contributed by atoms with Crippen molar-refractivity contribution in [3.05, 3.63) is 29.8 Å². The summed E-state index contributed by atoms with van der Waals surface area (Å²) in [7, 11) is 1.55. The second-order valence-electron chi connectivity index (χ2n) is 7.09. The maximum absolute atomic E-state index is 12.6. The normalized spacial score (nSPS) is 33.0. The zero-order chi connectivity index (χ0) is 17.7. The van der Waals surface area contributed by atoms with Crippen molar-refractivity contribution in [3.8, 4) is 5.75 Å². The Morgan fingerprint density at radius 1 is 1.20 bits per heavy atom. The van der Waals surface area contributed by atoms with Crippen LogP contribution in [-0.4, -0.2) is 37.0 Å². The van der Waals surface area contributed by atoms with E-state index in [4.69, 9.17) is 14.2 Å². The van der Waals surface area contributed by atoms with Gasteiger partial charge in [0, 0.05) is 11.5 Å². The zero-order valence-electron chi connectivity index (χ0n) is 14.1. The molecule has 0 aromatic heterocycles. The number of benzene rings is 1. The first kappa shape index (κ1) is 16.1. The molecule has 3 aliphatic rings. The van der Waals surface area contributed by atoms with Gasteiger partial charge in [-0.1, -0.05) is 0 Å². The number of Topliss-reactive ketones (excluding diaryl/α,β-unsaturated/α-hetero) is 1. The fraction of sp³-hybridized carbons (Fsp3) is 0.526. The van der Waals surface area contributed by atoms with Crippen LogP contribution < -0.4 is 4.74 Å². The van der Waals surface area contributed by atoms with Crippen LogP contribution in [-0.2, 0) is 19.1 Å². The van der Waals surface area contributed by atoms with Crippen LogP contribution in [0.2, 0.25) is 0 Å². The Morgan fingerprint density at radius 2 is 1.92 bits per heavy atom. The molecule has 0 radical (unpaired) electrons. The lowest BCUT2D eigenvalue weighted by Gasteiger charge is -2.24. The molecular weight excluding hydrogens is 324 g/mol. The van der Waals surface area contributed by atoms with Gasteiger partial charge >= 0.3 is 11.9 Å². The lowest BCUT2D eigenvalue weighted by Crippen LogP contribution is -2.36. The molecule has 0 spiro atoms. The lowest BCUT2D eigenvalue weighted by atomic mass is 9.80. The van der Waals surface area contributed by atoms with Gasteiger partial charge < -0.3 is 14.2 Å². The monoisotopic (exact) mass is 344 g/mol. The van der Waals surface area contributed by atoms with Gasteiger partial charge in [-0.2, -0.15) is 0 Å². The first-order valence-electron chi connectivity index (χ1n) is 8.59. The van der Waals surface area contributed by atoms with Gasteiger partial charge in [-0.05, 0) is 49.9 Å². The van der Waals surface area contributed by atoms with Gasteiger partial charge in [-0.25, -0.2) is 0 Å². The van der Waals surface area contributed by atoms with E-state index in [1.807, 2.05) is 0 Å². The predicted molar refractivity (Wildman–Crippen MR) is 86.0 cm³/mol. The number of ether oxygens (including phenoxy) is 3. The van der Waals surface area contributed by atoms with Gasteiger partial charge in [0.15, 0.2) is 6.10 Å². The van der Waals surface area contributed by atoms with Crippen LogP contribution in [0, 0.1) is 23.7 Å². The van der Waals surface area contributed by atoms with Gasteiger partial charge in [-0.3, -0.25) is 14.4 Å². The van der Waals surface area contributed by atoms with E-state index in [-0.39, 0.29) is 35.6 Å². The smallest absolute Gasteiger partial charge is 0.310 e. The largest absolute Gasteiger partial charge is 0.497 e. The van der Waals surface area contributed by atoms with Crippen molar-refractivity contribution in [2.45, 2.75) is 32.0 Å². The molecule has 3 fully saturated rings. The number of carbonyl (C=O) groups is 3. The minimum atomic E-state index is -0.895. The molecule has 25 heavy (non-hydrogen) atoms. The highest BCUT2D eigenvalue weighted by molar-refractivity contribution is 6.00. The van der Waals surface area contributed by atoms with Crippen LogP contribution in [0.5, 0.6) is 5.75 Å². The predicted octanol–water partition coefficient (Wildman–Crippen LogP) is 2.01. The fourth-order valence-electron chi connectivity index (χ4n) is 4.62. The highest BCUT2D eigenvalue weighted by Crippen LogP contribution is 2.58. The number of methoxy groups -OCH3 is 1. The van der Waals surface area contributed by atoms with Gasteiger partial charge in [0.2, 0.25) is 5.78 Å². The van der Waals surface area contributed by atoms with Crippen molar-refractivity contribution in [3.63, 3.8) is 0 Å². The molecule has 0 amide bonds. The van der Waals surface area contributed by atoms with Crippen molar-refractivity contribution >= 4 is 17.7 Å². The highest BCUT2D eigenvalue weighted by Gasteiger charge is 2.64. The maximum Gasteiger partial charge on any atom is 0.310 e. The third kappa shape index (κ3) is 2.51. The second kappa shape index (κ2) is 5.86. The Bertz CT molecular complexity index is 722. The molecule has 1 heterocycles. The first-order chi connectivity index (χ1) is 12.0. The van der Waals surface area contributed by atoms with Gasteiger partial charge in [0.25, 0.3) is 0 Å². The number of carbonyl (C=O) groups excluding carboxylic acids is 3. The molecule has 1 aliphatic heterocycles. The number of ketones is 1. The number of fused-ring (bicyclic) bond motifs is 1. The van der Waals surface area contributed by atoms with Gasteiger partial charge in [0.1, 0.15) is 11.9 Å². The molecule has 2 aliphatic carbocycles. The molecule has 1 aromatic carbocycles. The quantitative estimate of drug-likeness (QED) is 0.600. The minimum absolute atomic E-state index is 0.0232. The molecule has 0 N–H and O–H groups in total. The molecule has 6 atom stereocenters. The van der Waals surface area contributed by atoms with E-state index >= 15 is 0 Å². The summed E-state index contributed by atoms with van der Waals surface area (Å²) < 4.78 is 15.8. The number of esters is 2. The fourth-order valence-corrected chi connectivity index (χ4v) is 4.62. The summed E-state index contributed by atoms with van der Waals surface area (Å²) in [6.45, 7) is 1.56. The van der Waals surface area contributed by atoms with E-state index < -0.39 is 18.0 Å². The average Bonchev–Trinajstić information content (AvgIpc) is 3.23. The number of hydrogen-bond acceptors (Lipinski definition) is 6. The second-order valence-corrected chi connectivity index (χ2v) is 7.09. The molecule has 0 unspecified atom stereocenters. The third-order valence-electron chi connectivity index (χ3n) is 5.79. The van der Waals surface area contributed by atoms with Gasteiger partial charge in [0.05, 0.1) is 18.9 Å². The van der Waals surface area contributed by atoms with Crippen molar-refractivity contribution in [1.82, 2.24) is 0 Å². The highest BCUT2D eigenvalue weighted by atomic mass is 16.6. The Hall–Kier alpha value is -2.37. The Labute approximate surface area is 145 Å². The van der Waals surface area contributed by atoms with E-state index in [2.05, 4.69) is 0 Å².